The normalized spacial score (nSPS) is 37.5. The van der Waals surface area contributed by atoms with Crippen molar-refractivity contribution >= 4 is 17.9 Å². The molecule has 4 rings (SSSR count). The van der Waals surface area contributed by atoms with Gasteiger partial charge in [0.15, 0.2) is 18.7 Å². The molecule has 0 spiro atoms. The molecule has 0 aliphatic carbocycles. The van der Waals surface area contributed by atoms with E-state index in [1.54, 1.807) is 0 Å². The van der Waals surface area contributed by atoms with E-state index in [1.165, 1.54) is 52.4 Å². The summed E-state index contributed by atoms with van der Waals surface area (Å²) >= 11 is 0. The standard InChI is InChI=1S/C34H58O14/c1-21-17-15-13-11-9-7-5-4-6-8-10-12-14-16-18-26(37)47-31-25(20-43-23(3)36)46-33(30(41)29(31)40)48-32-28(39)27(38)24(19-42-22(2)35)45-34(32)44-21/h21,24-25,27-34,38-41H,4-20H2,1-3H3. The van der Waals surface area contributed by atoms with Crippen LogP contribution in [0.5, 0.6) is 0 Å². The number of ether oxygens (including phenoxy) is 7. The summed E-state index contributed by atoms with van der Waals surface area (Å²) in [7, 11) is 0. The molecule has 48 heavy (non-hydrogen) atoms. The molecule has 0 aromatic carbocycles. The van der Waals surface area contributed by atoms with Crippen molar-refractivity contribution in [3.63, 3.8) is 0 Å². The van der Waals surface area contributed by atoms with Gasteiger partial charge < -0.3 is 53.6 Å². The molecule has 0 aromatic heterocycles. The zero-order valence-electron chi connectivity index (χ0n) is 28.7. The third kappa shape index (κ3) is 13.4. The number of carbonyl (C=O) groups is 3. The molecule has 4 aliphatic rings. The summed E-state index contributed by atoms with van der Waals surface area (Å²) in [5.41, 5.74) is 0. The largest absolute Gasteiger partial charge is 0.463 e. The molecule has 0 saturated carbocycles. The molecule has 0 amide bonds. The van der Waals surface area contributed by atoms with E-state index in [2.05, 4.69) is 0 Å². The fraction of sp³-hybridized carbons (Fsp3) is 0.912. The Balaban J connectivity index is 1.80. The van der Waals surface area contributed by atoms with E-state index in [9.17, 15) is 34.8 Å². The van der Waals surface area contributed by atoms with E-state index < -0.39 is 85.9 Å². The van der Waals surface area contributed by atoms with Crippen molar-refractivity contribution in [2.75, 3.05) is 13.2 Å². The highest BCUT2D eigenvalue weighted by atomic mass is 16.8. The van der Waals surface area contributed by atoms with Crippen LogP contribution in [-0.4, -0.2) is 119 Å². The van der Waals surface area contributed by atoms with E-state index in [0.29, 0.717) is 12.8 Å². The third-order valence-electron chi connectivity index (χ3n) is 9.10. The second-order valence-corrected chi connectivity index (χ2v) is 13.3. The Morgan fingerprint density at radius 3 is 1.65 bits per heavy atom. The summed E-state index contributed by atoms with van der Waals surface area (Å²) in [6.45, 7) is 3.45. The third-order valence-corrected chi connectivity index (χ3v) is 9.10. The van der Waals surface area contributed by atoms with Crippen LogP contribution >= 0.6 is 0 Å². The minimum absolute atomic E-state index is 0.106. The monoisotopic (exact) mass is 690 g/mol. The second kappa shape index (κ2) is 21.3. The summed E-state index contributed by atoms with van der Waals surface area (Å²) in [5, 5.41) is 44.2. The highest BCUT2D eigenvalue weighted by Gasteiger charge is 2.53. The van der Waals surface area contributed by atoms with Crippen molar-refractivity contribution in [2.45, 2.75) is 185 Å². The van der Waals surface area contributed by atoms with E-state index in [4.69, 9.17) is 33.2 Å². The lowest BCUT2D eigenvalue weighted by Gasteiger charge is -2.47. The number of hydrogen-bond acceptors (Lipinski definition) is 14. The van der Waals surface area contributed by atoms with E-state index in [-0.39, 0.29) is 19.1 Å². The van der Waals surface area contributed by atoms with Gasteiger partial charge in [-0.1, -0.05) is 77.0 Å². The Labute approximate surface area is 283 Å². The van der Waals surface area contributed by atoms with Crippen molar-refractivity contribution < 1.29 is 68.0 Å². The van der Waals surface area contributed by atoms with Crippen LogP contribution in [0.1, 0.15) is 117 Å². The fourth-order valence-electron chi connectivity index (χ4n) is 6.30. The first-order chi connectivity index (χ1) is 23.0. The van der Waals surface area contributed by atoms with Crippen molar-refractivity contribution in [3.8, 4) is 0 Å². The first kappa shape index (κ1) is 40.5. The van der Waals surface area contributed by atoms with Crippen molar-refractivity contribution in [1.29, 1.82) is 0 Å². The minimum Gasteiger partial charge on any atom is -0.463 e. The van der Waals surface area contributed by atoms with Crippen LogP contribution in [0.25, 0.3) is 0 Å². The van der Waals surface area contributed by atoms with Gasteiger partial charge in [0.2, 0.25) is 0 Å². The topological polar surface area (TPSA) is 197 Å². The van der Waals surface area contributed by atoms with Gasteiger partial charge in [0.1, 0.15) is 55.9 Å². The molecular weight excluding hydrogens is 632 g/mol. The molecule has 0 radical (unpaired) electrons. The number of aliphatic hydroxyl groups excluding tert-OH is 4. The minimum atomic E-state index is -1.78. The summed E-state index contributed by atoms with van der Waals surface area (Å²) in [4.78, 5) is 35.8. The maximum absolute atomic E-state index is 12.8. The van der Waals surface area contributed by atoms with Crippen LogP contribution in [0.2, 0.25) is 0 Å². The molecule has 14 heteroatoms. The lowest BCUT2D eigenvalue weighted by molar-refractivity contribution is -0.371. The first-order valence-electron chi connectivity index (χ1n) is 17.8. The van der Waals surface area contributed by atoms with Gasteiger partial charge in [0, 0.05) is 20.3 Å². The zero-order chi connectivity index (χ0) is 35.1. The highest BCUT2D eigenvalue weighted by Crippen LogP contribution is 2.32. The van der Waals surface area contributed by atoms with Gasteiger partial charge in [-0.05, 0) is 19.8 Å². The first-order valence-corrected chi connectivity index (χ1v) is 17.8. The highest BCUT2D eigenvalue weighted by molar-refractivity contribution is 5.69. The maximum atomic E-state index is 12.8. The summed E-state index contributed by atoms with van der Waals surface area (Å²) < 4.78 is 39.7. The summed E-state index contributed by atoms with van der Waals surface area (Å²) in [6, 6.07) is 0. The maximum Gasteiger partial charge on any atom is 0.306 e. The van der Waals surface area contributed by atoms with Crippen molar-refractivity contribution in [3.05, 3.63) is 0 Å². The van der Waals surface area contributed by atoms with E-state index >= 15 is 0 Å². The number of carbonyl (C=O) groups excluding carboxylic acids is 3. The number of esters is 3. The van der Waals surface area contributed by atoms with Gasteiger partial charge in [-0.15, -0.1) is 0 Å². The Morgan fingerprint density at radius 2 is 1.08 bits per heavy atom. The predicted octanol–water partition coefficient (Wildman–Crippen LogP) is 2.57. The van der Waals surface area contributed by atoms with Crippen LogP contribution in [0.15, 0.2) is 0 Å². The molecule has 4 N–H and O–H groups in total. The molecule has 4 fully saturated rings. The van der Waals surface area contributed by atoms with Gasteiger partial charge in [0.05, 0.1) is 6.10 Å². The predicted molar refractivity (Wildman–Crippen MR) is 169 cm³/mol. The molecule has 4 saturated heterocycles. The van der Waals surface area contributed by atoms with Crippen LogP contribution in [0.3, 0.4) is 0 Å². The zero-order valence-corrected chi connectivity index (χ0v) is 28.7. The second-order valence-electron chi connectivity index (χ2n) is 13.3. The Bertz CT molecular complexity index is 964. The van der Waals surface area contributed by atoms with Crippen LogP contribution in [-0.2, 0) is 47.5 Å². The average Bonchev–Trinajstić information content (AvgIpc) is 3.03. The number of aliphatic hydroxyl groups is 4. The number of fused-ring (bicyclic) bond motifs is 20. The smallest absolute Gasteiger partial charge is 0.306 e. The van der Waals surface area contributed by atoms with Crippen molar-refractivity contribution in [1.82, 2.24) is 0 Å². The Morgan fingerprint density at radius 1 is 0.604 bits per heavy atom. The Hall–Kier alpha value is -1.91. The lowest BCUT2D eigenvalue weighted by Crippen LogP contribution is -2.65. The number of hydrogen-bond donors (Lipinski definition) is 4. The molecular formula is C34H58O14. The van der Waals surface area contributed by atoms with Crippen molar-refractivity contribution in [2.24, 2.45) is 0 Å². The molecule has 4 heterocycles. The molecule has 4 aliphatic heterocycles. The lowest BCUT2D eigenvalue weighted by atomic mass is 9.97. The van der Waals surface area contributed by atoms with Gasteiger partial charge in [0.25, 0.3) is 0 Å². The molecule has 11 unspecified atom stereocenters. The molecule has 14 nitrogen and oxygen atoms in total. The van der Waals surface area contributed by atoms with Crippen LogP contribution < -0.4 is 0 Å². The Kier molecular flexibility index (Phi) is 18.0. The number of rotatable bonds is 4. The van der Waals surface area contributed by atoms with E-state index in [0.717, 1.165) is 38.5 Å². The SMILES string of the molecule is CC(=O)OCC1OC2OC(C)CCCCCCCCCCCCCCCC(=O)OC3C(COC(C)=O)OC(OC2C(O)C1O)C(O)C3O. The average molecular weight is 691 g/mol. The van der Waals surface area contributed by atoms with Gasteiger partial charge in [-0.2, -0.15) is 0 Å². The van der Waals surface area contributed by atoms with E-state index in [1.807, 2.05) is 6.92 Å². The quantitative estimate of drug-likeness (QED) is 0.248. The van der Waals surface area contributed by atoms with Crippen LogP contribution in [0, 0.1) is 0 Å². The van der Waals surface area contributed by atoms with Gasteiger partial charge in [-0.25, -0.2) is 0 Å². The van der Waals surface area contributed by atoms with Crippen LogP contribution in [0.4, 0.5) is 0 Å². The fourth-order valence-corrected chi connectivity index (χ4v) is 6.30. The summed E-state index contributed by atoms with van der Waals surface area (Å²) in [5.74, 6) is -1.84. The molecule has 0 aromatic rings. The summed E-state index contributed by atoms with van der Waals surface area (Å²) in [6.07, 6.45) is -0.652. The molecule has 2 bridgehead atoms. The van der Waals surface area contributed by atoms with Gasteiger partial charge >= 0.3 is 17.9 Å². The molecule has 11 atom stereocenters. The van der Waals surface area contributed by atoms with Gasteiger partial charge in [-0.3, -0.25) is 14.4 Å². The molecule has 278 valence electrons.